The van der Waals surface area contributed by atoms with E-state index in [-0.39, 0.29) is 12.3 Å². The van der Waals surface area contributed by atoms with Gasteiger partial charge in [0, 0.05) is 10.2 Å². The maximum absolute atomic E-state index is 12.3. The van der Waals surface area contributed by atoms with E-state index in [1.165, 1.54) is 0 Å². The molecule has 0 aliphatic rings. The molecule has 1 aromatic carbocycles. The zero-order valence-electron chi connectivity index (χ0n) is 14.1. The van der Waals surface area contributed by atoms with Crippen LogP contribution in [-0.4, -0.2) is 35.9 Å². The lowest BCUT2D eigenvalue weighted by Gasteiger charge is -2.05. The molecule has 0 saturated carbocycles. The highest BCUT2D eigenvalue weighted by Crippen LogP contribution is 2.20. The Balaban J connectivity index is 2.08. The lowest BCUT2D eigenvalue weighted by Crippen LogP contribution is -2.15. The van der Waals surface area contributed by atoms with Crippen molar-refractivity contribution >= 4 is 33.7 Å². The van der Waals surface area contributed by atoms with E-state index >= 15 is 0 Å². The lowest BCUT2D eigenvalue weighted by molar-refractivity contribution is 0.0472. The van der Waals surface area contributed by atoms with E-state index < -0.39 is 24.3 Å². The summed E-state index contributed by atoms with van der Waals surface area (Å²) >= 11 is 3.28. The Bertz CT molecular complexity index is 808. The van der Waals surface area contributed by atoms with Crippen LogP contribution >= 0.6 is 15.9 Å². The molecule has 0 amide bonds. The minimum atomic E-state index is -0.590. The van der Waals surface area contributed by atoms with Crippen LogP contribution in [-0.2, 0) is 9.47 Å². The van der Waals surface area contributed by atoms with E-state index in [0.29, 0.717) is 22.4 Å². The van der Waals surface area contributed by atoms with Gasteiger partial charge in [0.2, 0.25) is 5.78 Å². The van der Waals surface area contributed by atoms with E-state index in [2.05, 4.69) is 20.9 Å². The number of aromatic amines is 1. The van der Waals surface area contributed by atoms with Crippen LogP contribution in [0.15, 0.2) is 28.7 Å². The molecule has 2 aromatic rings. The van der Waals surface area contributed by atoms with E-state index in [4.69, 9.17) is 9.47 Å². The van der Waals surface area contributed by atoms with E-state index in [1.54, 1.807) is 45.0 Å². The van der Waals surface area contributed by atoms with Gasteiger partial charge >= 0.3 is 11.9 Å². The average Bonchev–Trinajstić information content (AvgIpc) is 2.88. The third-order valence-corrected chi connectivity index (χ3v) is 4.14. The minimum Gasteiger partial charge on any atom is -0.462 e. The van der Waals surface area contributed by atoms with Gasteiger partial charge < -0.3 is 14.5 Å². The molecule has 7 heteroatoms. The molecule has 0 aliphatic carbocycles. The van der Waals surface area contributed by atoms with Crippen LogP contribution in [0.1, 0.15) is 49.4 Å². The fraction of sp³-hybridized carbons (Fsp3) is 0.278. The fourth-order valence-electron chi connectivity index (χ4n) is 2.41. The van der Waals surface area contributed by atoms with E-state index in [1.807, 2.05) is 0 Å². The van der Waals surface area contributed by atoms with Crippen LogP contribution in [0.4, 0.5) is 0 Å². The Hall–Kier alpha value is -2.41. The second-order valence-corrected chi connectivity index (χ2v) is 6.27. The first-order valence-electron chi connectivity index (χ1n) is 7.67. The molecule has 0 saturated heterocycles. The largest absolute Gasteiger partial charge is 0.462 e. The maximum atomic E-state index is 12.3. The maximum Gasteiger partial charge on any atom is 0.340 e. The van der Waals surface area contributed by atoms with Crippen molar-refractivity contribution in [2.75, 3.05) is 13.2 Å². The Morgan fingerprint density at radius 3 is 2.28 bits per heavy atom. The number of ether oxygens (including phenoxy) is 2. The van der Waals surface area contributed by atoms with Crippen LogP contribution in [0.2, 0.25) is 0 Å². The molecular weight excluding hydrogens is 390 g/mol. The predicted octanol–water partition coefficient (Wildman–Crippen LogP) is 3.61. The van der Waals surface area contributed by atoms with Gasteiger partial charge in [0.05, 0.1) is 23.4 Å². The van der Waals surface area contributed by atoms with Crippen LogP contribution in [0.25, 0.3) is 0 Å². The molecule has 0 unspecified atom stereocenters. The van der Waals surface area contributed by atoms with Gasteiger partial charge in [0.25, 0.3) is 0 Å². The fourth-order valence-corrected chi connectivity index (χ4v) is 2.68. The van der Waals surface area contributed by atoms with Gasteiger partial charge in [0.15, 0.2) is 6.61 Å². The number of ketones is 1. The molecule has 6 nitrogen and oxygen atoms in total. The molecular formula is C18H18BrNO5. The summed E-state index contributed by atoms with van der Waals surface area (Å²) in [5, 5.41) is 0. The van der Waals surface area contributed by atoms with Gasteiger partial charge in [0.1, 0.15) is 0 Å². The highest BCUT2D eigenvalue weighted by atomic mass is 79.9. The third-order valence-electron chi connectivity index (χ3n) is 3.61. The van der Waals surface area contributed by atoms with Crippen LogP contribution in [0.5, 0.6) is 0 Å². The zero-order valence-corrected chi connectivity index (χ0v) is 15.7. The van der Waals surface area contributed by atoms with Crippen molar-refractivity contribution in [3.05, 3.63) is 56.8 Å². The van der Waals surface area contributed by atoms with Gasteiger partial charge in [-0.25, -0.2) is 9.59 Å². The molecule has 1 aromatic heterocycles. The number of halogens is 1. The number of Topliss-reactive ketones (excluding diaryl/α,β-unsaturated/α-hetero) is 1. The quantitative estimate of drug-likeness (QED) is 0.583. The van der Waals surface area contributed by atoms with Crippen molar-refractivity contribution in [2.45, 2.75) is 20.8 Å². The highest BCUT2D eigenvalue weighted by molar-refractivity contribution is 9.10. The van der Waals surface area contributed by atoms with Crippen molar-refractivity contribution in [3.63, 3.8) is 0 Å². The summed E-state index contributed by atoms with van der Waals surface area (Å²) in [7, 11) is 0. The first-order chi connectivity index (χ1) is 11.8. The van der Waals surface area contributed by atoms with Gasteiger partial charge in [-0.15, -0.1) is 0 Å². The third kappa shape index (κ3) is 4.36. The molecule has 0 atom stereocenters. The summed E-state index contributed by atoms with van der Waals surface area (Å²) in [6.45, 7) is 4.88. The van der Waals surface area contributed by atoms with Crippen molar-refractivity contribution < 1.29 is 23.9 Å². The van der Waals surface area contributed by atoms with Crippen molar-refractivity contribution in [3.8, 4) is 0 Å². The smallest absolute Gasteiger partial charge is 0.340 e. The van der Waals surface area contributed by atoms with Crippen molar-refractivity contribution in [1.82, 2.24) is 4.98 Å². The molecule has 0 fully saturated rings. The molecule has 0 radical (unpaired) electrons. The predicted molar refractivity (Wildman–Crippen MR) is 95.0 cm³/mol. The lowest BCUT2D eigenvalue weighted by atomic mass is 10.1. The molecule has 0 aliphatic heterocycles. The summed E-state index contributed by atoms with van der Waals surface area (Å²) in [6, 6.07) is 6.62. The number of H-pyrrole nitrogens is 1. The molecule has 2 rings (SSSR count). The normalized spacial score (nSPS) is 10.4. The zero-order chi connectivity index (χ0) is 18.6. The average molecular weight is 408 g/mol. The second-order valence-electron chi connectivity index (χ2n) is 5.35. The van der Waals surface area contributed by atoms with Crippen molar-refractivity contribution in [2.24, 2.45) is 0 Å². The molecule has 132 valence electrons. The number of carbonyl (C=O) groups is 3. The summed E-state index contributed by atoms with van der Waals surface area (Å²) in [5.74, 6) is -1.49. The standard InChI is InChI=1S/C18H18BrNO5/c1-4-24-18(23)15-10(2)16(20-11(15)3)14(21)9-25-17(22)12-5-7-13(19)8-6-12/h5-8,20H,4,9H2,1-3H3. The minimum absolute atomic E-state index is 0.240. The topological polar surface area (TPSA) is 85.5 Å². The molecule has 1 heterocycles. The molecule has 1 N–H and O–H groups in total. The van der Waals surface area contributed by atoms with Gasteiger partial charge in [-0.05, 0) is 50.6 Å². The van der Waals surface area contributed by atoms with Crippen LogP contribution in [0.3, 0.4) is 0 Å². The SMILES string of the molecule is CCOC(=O)c1c(C)[nH]c(C(=O)COC(=O)c2ccc(Br)cc2)c1C. The summed E-state index contributed by atoms with van der Waals surface area (Å²) in [6.07, 6.45) is 0. The Labute approximate surface area is 153 Å². The van der Waals surface area contributed by atoms with Gasteiger partial charge in [-0.2, -0.15) is 0 Å². The first-order valence-corrected chi connectivity index (χ1v) is 8.46. The van der Waals surface area contributed by atoms with Crippen LogP contribution < -0.4 is 0 Å². The number of aryl methyl sites for hydroxylation is 1. The van der Waals surface area contributed by atoms with E-state index in [0.717, 1.165) is 4.47 Å². The number of esters is 2. The molecule has 25 heavy (non-hydrogen) atoms. The number of rotatable bonds is 6. The van der Waals surface area contributed by atoms with E-state index in [9.17, 15) is 14.4 Å². The molecule has 0 spiro atoms. The number of hydrogen-bond acceptors (Lipinski definition) is 5. The number of hydrogen-bond donors (Lipinski definition) is 1. The highest BCUT2D eigenvalue weighted by Gasteiger charge is 2.23. The summed E-state index contributed by atoms with van der Waals surface area (Å²) < 4.78 is 10.9. The number of benzene rings is 1. The summed E-state index contributed by atoms with van der Waals surface area (Å²) in [5.41, 5.74) is 1.95. The number of carbonyl (C=O) groups excluding carboxylic acids is 3. The Morgan fingerprint density at radius 1 is 1.04 bits per heavy atom. The van der Waals surface area contributed by atoms with Gasteiger partial charge in [-0.1, -0.05) is 15.9 Å². The monoisotopic (exact) mass is 407 g/mol. The number of nitrogens with one attached hydrogen (secondary N) is 1. The number of aromatic nitrogens is 1. The van der Waals surface area contributed by atoms with Gasteiger partial charge in [-0.3, -0.25) is 4.79 Å². The van der Waals surface area contributed by atoms with Crippen molar-refractivity contribution in [1.29, 1.82) is 0 Å². The molecule has 0 bridgehead atoms. The second kappa shape index (κ2) is 8.11. The Morgan fingerprint density at radius 2 is 1.68 bits per heavy atom. The Kier molecular flexibility index (Phi) is 6.14. The van der Waals surface area contributed by atoms with Crippen LogP contribution in [0, 0.1) is 13.8 Å². The first kappa shape index (κ1) is 18.9. The summed E-state index contributed by atoms with van der Waals surface area (Å²) in [4.78, 5) is 39.1.